The maximum atomic E-state index is 12.5. The van der Waals surface area contributed by atoms with E-state index in [-0.39, 0.29) is 37.2 Å². The summed E-state index contributed by atoms with van der Waals surface area (Å²) in [5, 5.41) is 12.8. The molecule has 2 amide bonds. The van der Waals surface area contributed by atoms with Gasteiger partial charge in [-0.05, 0) is 48.2 Å². The van der Waals surface area contributed by atoms with Crippen LogP contribution in [-0.4, -0.2) is 87.3 Å². The van der Waals surface area contributed by atoms with E-state index in [9.17, 15) is 14.7 Å². The molecule has 2 aromatic carbocycles. The summed E-state index contributed by atoms with van der Waals surface area (Å²) in [4.78, 5) is 27.4. The van der Waals surface area contributed by atoms with Crippen molar-refractivity contribution in [2.75, 3.05) is 57.9 Å². The van der Waals surface area contributed by atoms with E-state index in [1.54, 1.807) is 12.0 Å². The van der Waals surface area contributed by atoms with Crippen LogP contribution >= 0.6 is 0 Å². The molecule has 3 heterocycles. The predicted octanol–water partition coefficient (Wildman–Crippen LogP) is 2.85. The maximum Gasteiger partial charge on any atom is 0.407 e. The molecule has 0 aromatic heterocycles. The molecule has 5 rings (SSSR count). The number of nitrogens with one attached hydrogen (secondary N) is 1. The minimum atomic E-state index is -0.939. The normalized spacial score (nSPS) is 21.4. The first-order chi connectivity index (χ1) is 18.5. The lowest BCUT2D eigenvalue weighted by atomic mass is 9.87. The molecule has 0 spiro atoms. The number of carbonyl (C=O) groups excluding carboxylic acids is 1. The van der Waals surface area contributed by atoms with Gasteiger partial charge in [-0.2, -0.15) is 0 Å². The average Bonchev–Trinajstić information content (AvgIpc) is 2.91. The number of methoxy groups -OCH3 is 1. The molecule has 2 fully saturated rings. The van der Waals surface area contributed by atoms with E-state index in [0.29, 0.717) is 38.4 Å². The van der Waals surface area contributed by atoms with E-state index in [4.69, 9.17) is 18.9 Å². The molecule has 0 bridgehead atoms. The molecule has 2 saturated heterocycles. The summed E-state index contributed by atoms with van der Waals surface area (Å²) in [5.74, 6) is 1.47. The minimum Gasteiger partial charge on any atom is -0.488 e. The van der Waals surface area contributed by atoms with E-state index in [1.165, 1.54) is 4.90 Å². The number of benzene rings is 2. The first-order valence-corrected chi connectivity index (χ1v) is 13.1. The highest BCUT2D eigenvalue weighted by Crippen LogP contribution is 2.35. The Balaban J connectivity index is 1.29. The third-order valence-corrected chi connectivity index (χ3v) is 7.35. The molecule has 0 saturated carbocycles. The summed E-state index contributed by atoms with van der Waals surface area (Å²) in [5.41, 5.74) is 2.72. The second-order valence-electron chi connectivity index (χ2n) is 9.92. The van der Waals surface area contributed by atoms with Gasteiger partial charge in [-0.15, -0.1) is 0 Å². The summed E-state index contributed by atoms with van der Waals surface area (Å²) in [6.07, 6.45) is 0.353. The fourth-order valence-corrected chi connectivity index (χ4v) is 5.12. The van der Waals surface area contributed by atoms with Crippen LogP contribution in [0.5, 0.6) is 11.5 Å². The predicted molar refractivity (Wildman–Crippen MR) is 140 cm³/mol. The number of carbonyl (C=O) groups is 2. The van der Waals surface area contributed by atoms with Gasteiger partial charge >= 0.3 is 6.09 Å². The number of anilines is 1. The molecule has 2 aromatic rings. The van der Waals surface area contributed by atoms with Crippen molar-refractivity contribution in [1.82, 2.24) is 10.2 Å². The van der Waals surface area contributed by atoms with E-state index < -0.39 is 6.09 Å². The number of nitrogens with zero attached hydrogens (tertiary/aromatic N) is 2. The molecule has 38 heavy (non-hydrogen) atoms. The molecule has 3 aliphatic heterocycles. The fraction of sp³-hybridized carbons (Fsp3) is 0.500. The summed E-state index contributed by atoms with van der Waals surface area (Å²) < 4.78 is 23.1. The SMILES string of the molecule is COCCCN1C(=O)COc2ccc(COC3CN(C(=O)O)CCC3c3ccc(OC4CNC4)cc3)cc21. The van der Waals surface area contributed by atoms with Crippen LogP contribution in [0.3, 0.4) is 0 Å². The molecule has 204 valence electrons. The van der Waals surface area contributed by atoms with Crippen LogP contribution in [0, 0.1) is 0 Å². The summed E-state index contributed by atoms with van der Waals surface area (Å²) in [7, 11) is 1.64. The van der Waals surface area contributed by atoms with Crippen molar-refractivity contribution in [3.63, 3.8) is 0 Å². The molecule has 2 unspecified atom stereocenters. The Kier molecular flexibility index (Phi) is 8.31. The summed E-state index contributed by atoms with van der Waals surface area (Å²) in [6.45, 7) is 3.89. The molecule has 10 nitrogen and oxygen atoms in total. The molecule has 10 heteroatoms. The van der Waals surface area contributed by atoms with Crippen molar-refractivity contribution < 1.29 is 33.6 Å². The lowest BCUT2D eigenvalue weighted by Crippen LogP contribution is -2.50. The number of hydrogen-bond acceptors (Lipinski definition) is 7. The average molecular weight is 526 g/mol. The van der Waals surface area contributed by atoms with Gasteiger partial charge in [0.15, 0.2) is 6.61 Å². The van der Waals surface area contributed by atoms with Gasteiger partial charge in [0.25, 0.3) is 5.91 Å². The number of rotatable bonds is 10. The van der Waals surface area contributed by atoms with Gasteiger partial charge in [0.1, 0.15) is 17.6 Å². The number of ether oxygens (including phenoxy) is 4. The smallest absolute Gasteiger partial charge is 0.407 e. The van der Waals surface area contributed by atoms with Gasteiger partial charge in [0.2, 0.25) is 0 Å². The van der Waals surface area contributed by atoms with Gasteiger partial charge in [0, 0.05) is 45.8 Å². The third-order valence-electron chi connectivity index (χ3n) is 7.35. The zero-order valence-electron chi connectivity index (χ0n) is 21.6. The van der Waals surface area contributed by atoms with Crippen LogP contribution in [0.4, 0.5) is 10.5 Å². The quantitative estimate of drug-likeness (QED) is 0.456. The van der Waals surface area contributed by atoms with Crippen LogP contribution in [0.15, 0.2) is 42.5 Å². The standard InChI is InChI=1S/C28H35N3O7/c1-35-12-2-10-31-24-13-19(3-8-25(24)37-18-27(31)32)17-36-26-16-30(28(33)34)11-9-23(26)20-4-6-21(7-5-20)38-22-14-29-15-22/h3-8,13,22-23,26,29H,2,9-12,14-18H2,1H3,(H,33,34). The van der Waals surface area contributed by atoms with Gasteiger partial charge in [-0.25, -0.2) is 4.79 Å². The number of carboxylic acid groups (broad SMARTS) is 1. The molecule has 0 radical (unpaired) electrons. The van der Waals surface area contributed by atoms with Crippen molar-refractivity contribution in [2.24, 2.45) is 0 Å². The van der Waals surface area contributed by atoms with Crippen LogP contribution in [0.2, 0.25) is 0 Å². The van der Waals surface area contributed by atoms with Crippen molar-refractivity contribution in [2.45, 2.75) is 37.6 Å². The van der Waals surface area contributed by atoms with Crippen molar-refractivity contribution in [3.05, 3.63) is 53.6 Å². The van der Waals surface area contributed by atoms with Crippen LogP contribution in [-0.2, 0) is 20.9 Å². The van der Waals surface area contributed by atoms with Crippen LogP contribution < -0.4 is 19.7 Å². The number of likely N-dealkylation sites (tertiary alicyclic amines) is 1. The zero-order valence-corrected chi connectivity index (χ0v) is 21.6. The molecular weight excluding hydrogens is 490 g/mol. The third kappa shape index (κ3) is 6.03. The summed E-state index contributed by atoms with van der Waals surface area (Å²) in [6, 6.07) is 13.8. The number of hydrogen-bond donors (Lipinski definition) is 2. The van der Waals surface area contributed by atoms with Gasteiger partial charge in [0.05, 0.1) is 24.9 Å². The maximum absolute atomic E-state index is 12.5. The fourth-order valence-electron chi connectivity index (χ4n) is 5.12. The second kappa shape index (κ2) is 12.0. The highest BCUT2D eigenvalue weighted by molar-refractivity contribution is 5.97. The van der Waals surface area contributed by atoms with E-state index in [1.807, 2.05) is 30.3 Å². The molecule has 2 atom stereocenters. The Morgan fingerprint density at radius 3 is 2.71 bits per heavy atom. The van der Waals surface area contributed by atoms with Crippen LogP contribution in [0.1, 0.15) is 29.9 Å². The largest absolute Gasteiger partial charge is 0.488 e. The van der Waals surface area contributed by atoms with E-state index >= 15 is 0 Å². The molecule has 2 N–H and O–H groups in total. The first kappa shape index (κ1) is 26.3. The highest BCUT2D eigenvalue weighted by atomic mass is 16.5. The Morgan fingerprint density at radius 2 is 2.00 bits per heavy atom. The number of piperidine rings is 1. The zero-order chi connectivity index (χ0) is 26.5. The second-order valence-corrected chi connectivity index (χ2v) is 9.92. The van der Waals surface area contributed by atoms with Gasteiger partial charge < -0.3 is 39.2 Å². The van der Waals surface area contributed by atoms with Crippen molar-refractivity contribution in [1.29, 1.82) is 0 Å². The van der Waals surface area contributed by atoms with Crippen molar-refractivity contribution in [3.8, 4) is 11.5 Å². The monoisotopic (exact) mass is 525 g/mol. The van der Waals surface area contributed by atoms with Crippen molar-refractivity contribution >= 4 is 17.7 Å². The Bertz CT molecular complexity index is 1120. The molecular formula is C28H35N3O7. The first-order valence-electron chi connectivity index (χ1n) is 13.1. The Labute approximate surface area is 222 Å². The lowest BCUT2D eigenvalue weighted by Gasteiger charge is -2.37. The van der Waals surface area contributed by atoms with Crippen LogP contribution in [0.25, 0.3) is 0 Å². The molecule has 0 aliphatic carbocycles. The Hall–Kier alpha value is -3.34. The summed E-state index contributed by atoms with van der Waals surface area (Å²) >= 11 is 0. The van der Waals surface area contributed by atoms with Gasteiger partial charge in [-0.1, -0.05) is 18.2 Å². The number of fused-ring (bicyclic) bond motifs is 1. The number of amides is 2. The van der Waals surface area contributed by atoms with Gasteiger partial charge in [-0.3, -0.25) is 4.79 Å². The lowest BCUT2D eigenvalue weighted by molar-refractivity contribution is -0.121. The highest BCUT2D eigenvalue weighted by Gasteiger charge is 2.34. The minimum absolute atomic E-state index is 0.0198. The Morgan fingerprint density at radius 1 is 1.18 bits per heavy atom. The van der Waals surface area contributed by atoms with E-state index in [0.717, 1.165) is 42.1 Å². The molecule has 3 aliphatic rings. The van der Waals surface area contributed by atoms with E-state index in [2.05, 4.69) is 17.4 Å². The topological polar surface area (TPSA) is 110 Å².